The maximum Gasteiger partial charge on any atom is 0.280 e. The lowest BCUT2D eigenvalue weighted by molar-refractivity contribution is -0.125. The molecule has 1 unspecified atom stereocenters. The summed E-state index contributed by atoms with van der Waals surface area (Å²) < 4.78 is 0. The zero-order chi connectivity index (χ0) is 23.4. The molecule has 4 N–H and O–H groups in total. The molecule has 0 spiro atoms. The largest absolute Gasteiger partial charge is 0.369 e. The third kappa shape index (κ3) is 5.60. The molecule has 1 atom stereocenters. The average molecular weight is 449 g/mol. The quantitative estimate of drug-likeness (QED) is 0.456. The number of hydrogen-bond donors (Lipinski definition) is 3. The Morgan fingerprint density at radius 3 is 2.64 bits per heavy atom. The minimum absolute atomic E-state index is 0.00947. The van der Waals surface area contributed by atoms with Gasteiger partial charge in [-0.1, -0.05) is 18.6 Å². The number of rotatable bonds is 9. The minimum atomic E-state index is -0.413. The van der Waals surface area contributed by atoms with Crippen LogP contribution < -0.4 is 16.6 Å². The predicted octanol–water partition coefficient (Wildman–Crippen LogP) is 2.35. The van der Waals surface area contributed by atoms with Gasteiger partial charge in [0.15, 0.2) is 11.2 Å². The van der Waals surface area contributed by atoms with Gasteiger partial charge >= 0.3 is 0 Å². The molecule has 2 heterocycles. The number of nitrogens with two attached hydrogens (primary N) is 1. The molecule has 9 heteroatoms. The number of amides is 1. The topological polar surface area (TPSA) is 144 Å². The van der Waals surface area contributed by atoms with Crippen LogP contribution in [0.4, 0.5) is 5.95 Å². The van der Waals surface area contributed by atoms with Gasteiger partial charge in [0.05, 0.1) is 11.9 Å². The highest BCUT2D eigenvalue weighted by molar-refractivity contribution is 5.94. The number of ketones is 1. The van der Waals surface area contributed by atoms with E-state index in [9.17, 15) is 14.4 Å². The number of fused-ring (bicyclic) bond motifs is 1. The monoisotopic (exact) mass is 448 g/mol. The van der Waals surface area contributed by atoms with Crippen molar-refractivity contribution in [2.24, 2.45) is 5.92 Å². The van der Waals surface area contributed by atoms with Gasteiger partial charge in [0, 0.05) is 23.9 Å². The van der Waals surface area contributed by atoms with Crippen molar-refractivity contribution in [3.8, 4) is 0 Å². The van der Waals surface area contributed by atoms with E-state index >= 15 is 0 Å². The summed E-state index contributed by atoms with van der Waals surface area (Å²) in [5.41, 5.74) is 7.79. The molecule has 1 aliphatic rings. The van der Waals surface area contributed by atoms with E-state index in [2.05, 4.69) is 25.3 Å². The van der Waals surface area contributed by atoms with Crippen LogP contribution in [-0.4, -0.2) is 37.7 Å². The second-order valence-corrected chi connectivity index (χ2v) is 8.69. The van der Waals surface area contributed by atoms with Gasteiger partial charge < -0.3 is 11.1 Å². The molecule has 1 amide bonds. The summed E-state index contributed by atoms with van der Waals surface area (Å²) in [6.45, 7) is 1.93. The van der Waals surface area contributed by atoms with E-state index in [0.717, 1.165) is 24.8 Å². The van der Waals surface area contributed by atoms with Crippen molar-refractivity contribution >= 4 is 28.8 Å². The molecule has 0 radical (unpaired) electrons. The second-order valence-electron chi connectivity index (χ2n) is 8.69. The highest BCUT2D eigenvalue weighted by Gasteiger charge is 2.25. The predicted molar refractivity (Wildman–Crippen MR) is 125 cm³/mol. The van der Waals surface area contributed by atoms with Crippen LogP contribution in [-0.2, 0) is 17.6 Å². The molecule has 0 saturated heterocycles. The molecule has 9 nitrogen and oxygen atoms in total. The van der Waals surface area contributed by atoms with E-state index in [0.29, 0.717) is 42.7 Å². The van der Waals surface area contributed by atoms with Crippen LogP contribution in [0.3, 0.4) is 0 Å². The number of nitrogens with zero attached hydrogens (tertiary/aromatic N) is 3. The molecule has 172 valence electrons. The van der Waals surface area contributed by atoms with Crippen molar-refractivity contribution < 1.29 is 9.59 Å². The Balaban J connectivity index is 1.28. The molecular weight excluding hydrogens is 420 g/mol. The van der Waals surface area contributed by atoms with Gasteiger partial charge in [0.1, 0.15) is 5.78 Å². The van der Waals surface area contributed by atoms with Gasteiger partial charge in [-0.15, -0.1) is 0 Å². The molecule has 33 heavy (non-hydrogen) atoms. The summed E-state index contributed by atoms with van der Waals surface area (Å²) in [6, 6.07) is 7.34. The number of carbonyl (C=O) groups is 2. The molecule has 1 fully saturated rings. The third-order valence-electron chi connectivity index (χ3n) is 6.13. The Bertz CT molecular complexity index is 1220. The fraction of sp³-hybridized carbons (Fsp3) is 0.417. The lowest BCUT2D eigenvalue weighted by atomic mass is 9.80. The van der Waals surface area contributed by atoms with E-state index in [1.54, 1.807) is 18.3 Å². The number of carbonyl (C=O) groups excluding carboxylic acids is 2. The molecule has 3 aromatic rings. The first-order valence-corrected chi connectivity index (χ1v) is 11.3. The van der Waals surface area contributed by atoms with Gasteiger partial charge in [-0.2, -0.15) is 4.98 Å². The first-order chi connectivity index (χ1) is 15.9. The number of benzene rings is 1. The molecule has 1 saturated carbocycles. The summed E-state index contributed by atoms with van der Waals surface area (Å²) in [5, 5.41) is 2.97. The van der Waals surface area contributed by atoms with Crippen molar-refractivity contribution in [1.29, 1.82) is 0 Å². The number of hydrogen-bond acceptors (Lipinski definition) is 7. The van der Waals surface area contributed by atoms with E-state index in [4.69, 9.17) is 5.73 Å². The smallest absolute Gasteiger partial charge is 0.280 e. The summed E-state index contributed by atoms with van der Waals surface area (Å²) in [5.74, 6) is 0.441. The fourth-order valence-electron chi connectivity index (χ4n) is 3.86. The van der Waals surface area contributed by atoms with Crippen LogP contribution in [0, 0.1) is 5.92 Å². The third-order valence-corrected chi connectivity index (χ3v) is 6.13. The van der Waals surface area contributed by atoms with Crippen LogP contribution in [0.5, 0.6) is 0 Å². The Labute approximate surface area is 191 Å². The van der Waals surface area contributed by atoms with E-state index in [1.165, 1.54) is 0 Å². The molecule has 2 aromatic heterocycles. The maximum absolute atomic E-state index is 12.5. The van der Waals surface area contributed by atoms with Gasteiger partial charge in [0.25, 0.3) is 11.5 Å². The molecule has 4 rings (SSSR count). The zero-order valence-electron chi connectivity index (χ0n) is 18.6. The van der Waals surface area contributed by atoms with Crippen LogP contribution in [0.25, 0.3) is 11.2 Å². The van der Waals surface area contributed by atoms with Gasteiger partial charge in [0.2, 0.25) is 5.95 Å². The SMILES string of the molecule is CC(CCC(=O)C1CCC1)NC(=O)c1ccc(CCc2cnc3nc(N)[nH]c(=O)c3n2)cc1. The van der Waals surface area contributed by atoms with E-state index < -0.39 is 5.56 Å². The Hall–Kier alpha value is -3.62. The van der Waals surface area contributed by atoms with Crippen molar-refractivity contribution in [2.45, 2.75) is 57.9 Å². The normalized spacial score (nSPS) is 14.6. The number of aromatic amines is 1. The highest BCUT2D eigenvalue weighted by Crippen LogP contribution is 2.28. The minimum Gasteiger partial charge on any atom is -0.369 e. The van der Waals surface area contributed by atoms with Gasteiger partial charge in [-0.05, 0) is 56.7 Å². The van der Waals surface area contributed by atoms with Crippen LogP contribution >= 0.6 is 0 Å². The Morgan fingerprint density at radius 2 is 1.94 bits per heavy atom. The molecular formula is C24H28N6O3. The van der Waals surface area contributed by atoms with Crippen molar-refractivity contribution in [2.75, 3.05) is 5.73 Å². The van der Waals surface area contributed by atoms with E-state index in [1.807, 2.05) is 19.1 Å². The first-order valence-electron chi connectivity index (χ1n) is 11.3. The number of aryl methyl sites for hydroxylation is 2. The lowest BCUT2D eigenvalue weighted by Crippen LogP contribution is -2.33. The molecule has 1 aliphatic carbocycles. The zero-order valence-corrected chi connectivity index (χ0v) is 18.6. The molecule has 0 bridgehead atoms. The number of anilines is 1. The van der Waals surface area contributed by atoms with Crippen LogP contribution in [0.15, 0.2) is 35.3 Å². The summed E-state index contributed by atoms with van der Waals surface area (Å²) in [4.78, 5) is 51.5. The van der Waals surface area contributed by atoms with E-state index in [-0.39, 0.29) is 35.0 Å². The standard InChI is InChI=1S/C24H28N6O3/c1-14(5-12-19(31)16-3-2-4-16)27-22(32)17-9-6-15(7-10-17)8-11-18-13-26-21-20(28-18)23(33)30-24(25)29-21/h6-7,9-10,13-14,16H,2-5,8,11-12H2,1H3,(H,27,32)(H3,25,26,29,30,33). The Kier molecular flexibility index (Phi) is 6.76. The van der Waals surface area contributed by atoms with Crippen LogP contribution in [0.1, 0.15) is 60.6 Å². The molecule has 1 aromatic carbocycles. The molecule has 0 aliphatic heterocycles. The summed E-state index contributed by atoms with van der Waals surface area (Å²) in [7, 11) is 0. The van der Waals surface area contributed by atoms with Crippen molar-refractivity contribution in [3.63, 3.8) is 0 Å². The second kappa shape index (κ2) is 9.89. The van der Waals surface area contributed by atoms with Gasteiger partial charge in [-0.25, -0.2) is 9.97 Å². The number of nitrogen functional groups attached to an aromatic ring is 1. The number of H-pyrrole nitrogens is 1. The van der Waals surface area contributed by atoms with Crippen molar-refractivity contribution in [3.05, 3.63) is 57.6 Å². The Morgan fingerprint density at radius 1 is 1.18 bits per heavy atom. The maximum atomic E-state index is 12.5. The number of aromatic nitrogens is 4. The number of nitrogens with one attached hydrogen (secondary N) is 2. The fourth-order valence-corrected chi connectivity index (χ4v) is 3.86. The summed E-state index contributed by atoms with van der Waals surface area (Å²) in [6.07, 6.45) is 7.24. The average Bonchev–Trinajstić information content (AvgIpc) is 2.75. The van der Waals surface area contributed by atoms with Gasteiger partial charge in [-0.3, -0.25) is 19.4 Å². The highest BCUT2D eigenvalue weighted by atomic mass is 16.2. The number of Topliss-reactive ketones (excluding diaryl/α,β-unsaturated/α-hetero) is 1. The lowest BCUT2D eigenvalue weighted by Gasteiger charge is -2.24. The summed E-state index contributed by atoms with van der Waals surface area (Å²) >= 11 is 0. The van der Waals surface area contributed by atoms with Crippen LogP contribution in [0.2, 0.25) is 0 Å². The van der Waals surface area contributed by atoms with Crippen molar-refractivity contribution in [1.82, 2.24) is 25.3 Å². The first kappa shape index (κ1) is 22.6.